The highest BCUT2D eigenvalue weighted by Crippen LogP contribution is 2.18. The number of amides is 1. The number of hydrogen-bond donors (Lipinski definition) is 2. The Hall–Kier alpha value is -2.77. The first-order chi connectivity index (χ1) is 12.3. The first-order valence-corrected chi connectivity index (χ1v) is 9.62. The number of anilines is 1. The molecule has 0 fully saturated rings. The summed E-state index contributed by atoms with van der Waals surface area (Å²) in [6.07, 6.45) is 1.57. The van der Waals surface area contributed by atoms with Gasteiger partial charge in [-0.3, -0.25) is 9.78 Å². The Labute approximate surface area is 152 Å². The van der Waals surface area contributed by atoms with Crippen LogP contribution in [0.5, 0.6) is 0 Å². The van der Waals surface area contributed by atoms with E-state index in [0.717, 1.165) is 10.9 Å². The molecular weight excluding hydrogens is 350 g/mol. The minimum absolute atomic E-state index is 0.0514. The van der Waals surface area contributed by atoms with E-state index in [0.29, 0.717) is 5.69 Å². The number of aromatic nitrogens is 1. The number of carbonyl (C=O) groups excluding carboxylic acids is 1. The van der Waals surface area contributed by atoms with E-state index < -0.39 is 15.9 Å². The second-order valence-corrected chi connectivity index (χ2v) is 7.89. The topological polar surface area (TPSA) is 88.2 Å². The van der Waals surface area contributed by atoms with Crippen molar-refractivity contribution in [2.75, 3.05) is 5.32 Å². The van der Waals surface area contributed by atoms with Crippen LogP contribution in [0.25, 0.3) is 10.9 Å². The van der Waals surface area contributed by atoms with Gasteiger partial charge in [0.05, 0.1) is 22.3 Å². The van der Waals surface area contributed by atoms with Crippen molar-refractivity contribution in [2.24, 2.45) is 0 Å². The lowest BCUT2D eigenvalue weighted by molar-refractivity contribution is 0.102. The molecule has 3 aromatic rings. The largest absolute Gasteiger partial charge is 0.321 e. The molecule has 2 aromatic carbocycles. The Morgan fingerprint density at radius 3 is 2.58 bits per heavy atom. The standard InChI is InChI=1S/C19H19N3O3S/c1-13(2)22-26(24,25)17-8-5-7-15(11-17)19(23)21-16-10-14-6-3-4-9-18(14)20-12-16/h3-13,22H,1-2H3,(H,21,23). The summed E-state index contributed by atoms with van der Waals surface area (Å²) in [6, 6.07) is 15.1. The van der Waals surface area contributed by atoms with E-state index in [2.05, 4.69) is 15.0 Å². The molecule has 6 nitrogen and oxygen atoms in total. The molecule has 26 heavy (non-hydrogen) atoms. The van der Waals surface area contributed by atoms with Gasteiger partial charge >= 0.3 is 0 Å². The third-order valence-electron chi connectivity index (χ3n) is 3.65. The molecule has 0 saturated heterocycles. The minimum atomic E-state index is -3.66. The molecule has 134 valence electrons. The van der Waals surface area contributed by atoms with Crippen LogP contribution in [-0.4, -0.2) is 25.4 Å². The molecular formula is C19H19N3O3S. The number of pyridine rings is 1. The summed E-state index contributed by atoms with van der Waals surface area (Å²) in [5, 5.41) is 3.66. The average Bonchev–Trinajstić information content (AvgIpc) is 2.60. The molecule has 2 N–H and O–H groups in total. The first-order valence-electron chi connectivity index (χ1n) is 8.14. The summed E-state index contributed by atoms with van der Waals surface area (Å²) < 4.78 is 27.0. The second-order valence-electron chi connectivity index (χ2n) is 6.17. The third-order valence-corrected chi connectivity index (χ3v) is 5.30. The molecule has 1 amide bonds. The molecule has 3 rings (SSSR count). The van der Waals surface area contributed by atoms with E-state index in [1.807, 2.05) is 30.3 Å². The summed E-state index contributed by atoms with van der Waals surface area (Å²) in [6.45, 7) is 3.47. The van der Waals surface area contributed by atoms with E-state index in [4.69, 9.17) is 0 Å². The van der Waals surface area contributed by atoms with Crippen molar-refractivity contribution in [3.05, 3.63) is 66.4 Å². The van der Waals surface area contributed by atoms with Crippen LogP contribution in [0.3, 0.4) is 0 Å². The summed E-state index contributed by atoms with van der Waals surface area (Å²) in [7, 11) is -3.66. The average molecular weight is 369 g/mol. The highest BCUT2D eigenvalue weighted by Gasteiger charge is 2.17. The van der Waals surface area contributed by atoms with Crippen molar-refractivity contribution in [3.8, 4) is 0 Å². The SMILES string of the molecule is CC(C)NS(=O)(=O)c1cccc(C(=O)Nc2cnc3ccccc3c2)c1. The normalized spacial score (nSPS) is 11.7. The van der Waals surface area contributed by atoms with E-state index in [-0.39, 0.29) is 16.5 Å². The summed E-state index contributed by atoms with van der Waals surface area (Å²) in [5.74, 6) is -0.399. The highest BCUT2D eigenvalue weighted by molar-refractivity contribution is 7.89. The monoisotopic (exact) mass is 369 g/mol. The van der Waals surface area contributed by atoms with Crippen LogP contribution in [0.15, 0.2) is 65.7 Å². The molecule has 0 bridgehead atoms. The van der Waals surface area contributed by atoms with Gasteiger partial charge in [-0.2, -0.15) is 0 Å². The van der Waals surface area contributed by atoms with Crippen molar-refractivity contribution in [1.82, 2.24) is 9.71 Å². The Morgan fingerprint density at radius 2 is 1.81 bits per heavy atom. The number of fused-ring (bicyclic) bond motifs is 1. The number of nitrogens with zero attached hydrogens (tertiary/aromatic N) is 1. The van der Waals surface area contributed by atoms with E-state index in [9.17, 15) is 13.2 Å². The number of sulfonamides is 1. The molecule has 7 heteroatoms. The van der Waals surface area contributed by atoms with Crippen LogP contribution in [0, 0.1) is 0 Å². The van der Waals surface area contributed by atoms with Crippen LogP contribution in [0.1, 0.15) is 24.2 Å². The van der Waals surface area contributed by atoms with Crippen LogP contribution in [0.2, 0.25) is 0 Å². The van der Waals surface area contributed by atoms with Gasteiger partial charge < -0.3 is 5.32 Å². The maximum absolute atomic E-state index is 12.5. The fraction of sp³-hybridized carbons (Fsp3) is 0.158. The lowest BCUT2D eigenvalue weighted by Crippen LogP contribution is -2.30. The van der Waals surface area contributed by atoms with Crippen LogP contribution >= 0.6 is 0 Å². The number of rotatable bonds is 5. The van der Waals surface area contributed by atoms with Crippen molar-refractivity contribution >= 4 is 32.5 Å². The molecule has 0 spiro atoms. The van der Waals surface area contributed by atoms with Crippen LogP contribution in [0.4, 0.5) is 5.69 Å². The zero-order valence-corrected chi connectivity index (χ0v) is 15.2. The number of carbonyl (C=O) groups is 1. The molecule has 0 atom stereocenters. The Balaban J connectivity index is 1.84. The van der Waals surface area contributed by atoms with E-state index >= 15 is 0 Å². The number of nitrogens with one attached hydrogen (secondary N) is 2. The van der Waals surface area contributed by atoms with Crippen molar-refractivity contribution in [3.63, 3.8) is 0 Å². The highest BCUT2D eigenvalue weighted by atomic mass is 32.2. The number of benzene rings is 2. The van der Waals surface area contributed by atoms with Crippen LogP contribution < -0.4 is 10.0 Å². The molecule has 0 unspecified atom stereocenters. The van der Waals surface area contributed by atoms with E-state index in [1.165, 1.54) is 12.1 Å². The maximum atomic E-state index is 12.5. The summed E-state index contributed by atoms with van der Waals surface area (Å²) in [5.41, 5.74) is 1.63. The Bertz CT molecular complexity index is 1060. The van der Waals surface area contributed by atoms with Gasteiger partial charge in [0.25, 0.3) is 5.91 Å². The summed E-state index contributed by atoms with van der Waals surface area (Å²) in [4.78, 5) is 16.8. The fourth-order valence-corrected chi connectivity index (χ4v) is 3.82. The van der Waals surface area contributed by atoms with Gasteiger partial charge in [-0.25, -0.2) is 13.1 Å². The predicted octanol–water partition coefficient (Wildman–Crippen LogP) is 3.17. The van der Waals surface area contributed by atoms with Gasteiger partial charge in [0.15, 0.2) is 0 Å². The minimum Gasteiger partial charge on any atom is -0.321 e. The summed E-state index contributed by atoms with van der Waals surface area (Å²) >= 11 is 0. The van der Waals surface area contributed by atoms with Crippen molar-refractivity contribution in [1.29, 1.82) is 0 Å². The van der Waals surface area contributed by atoms with Gasteiger partial charge in [-0.1, -0.05) is 24.3 Å². The lowest BCUT2D eigenvalue weighted by atomic mass is 10.2. The zero-order valence-electron chi connectivity index (χ0n) is 14.4. The van der Waals surface area contributed by atoms with Crippen LogP contribution in [-0.2, 0) is 10.0 Å². The Kier molecular flexibility index (Phi) is 5.01. The van der Waals surface area contributed by atoms with Gasteiger partial charge in [-0.05, 0) is 44.2 Å². The quantitative estimate of drug-likeness (QED) is 0.723. The molecule has 1 heterocycles. The molecule has 1 aromatic heterocycles. The fourth-order valence-electron chi connectivity index (χ4n) is 2.53. The molecule has 0 aliphatic rings. The third kappa shape index (κ3) is 4.07. The smallest absolute Gasteiger partial charge is 0.255 e. The molecule has 0 saturated carbocycles. The molecule has 0 aliphatic heterocycles. The van der Waals surface area contributed by atoms with Gasteiger partial charge in [0.1, 0.15) is 0 Å². The number of para-hydroxylation sites is 1. The van der Waals surface area contributed by atoms with Crippen molar-refractivity contribution in [2.45, 2.75) is 24.8 Å². The zero-order chi connectivity index (χ0) is 18.7. The maximum Gasteiger partial charge on any atom is 0.255 e. The molecule has 0 radical (unpaired) electrons. The van der Waals surface area contributed by atoms with Gasteiger partial charge in [0.2, 0.25) is 10.0 Å². The first kappa shape index (κ1) is 18.0. The number of hydrogen-bond acceptors (Lipinski definition) is 4. The van der Waals surface area contributed by atoms with Gasteiger partial charge in [-0.15, -0.1) is 0 Å². The lowest BCUT2D eigenvalue weighted by Gasteiger charge is -2.11. The molecule has 0 aliphatic carbocycles. The van der Waals surface area contributed by atoms with E-state index in [1.54, 1.807) is 32.2 Å². The van der Waals surface area contributed by atoms with Crippen molar-refractivity contribution < 1.29 is 13.2 Å². The second kappa shape index (κ2) is 7.23. The van der Waals surface area contributed by atoms with Gasteiger partial charge in [0, 0.05) is 17.0 Å². The Morgan fingerprint density at radius 1 is 1.04 bits per heavy atom. The predicted molar refractivity (Wildman–Crippen MR) is 102 cm³/mol.